The lowest BCUT2D eigenvalue weighted by Gasteiger charge is -2.22. The summed E-state index contributed by atoms with van der Waals surface area (Å²) in [6, 6.07) is 4.61. The number of hydrogen-bond donors (Lipinski definition) is 2. The lowest BCUT2D eigenvalue weighted by molar-refractivity contribution is -0.120. The van der Waals surface area contributed by atoms with Gasteiger partial charge in [0.1, 0.15) is 0 Å². The SMILES string of the molecule is Cl.O=C(CCS(=O)(=O)c1ccc2c(c1)OCCCO2)NCC1CCCNC1. The minimum atomic E-state index is -3.55. The molecule has 0 radical (unpaired) electrons. The second-order valence-electron chi connectivity index (χ2n) is 6.74. The second-order valence-corrected chi connectivity index (χ2v) is 8.85. The molecule has 1 atom stereocenters. The van der Waals surface area contributed by atoms with E-state index in [-0.39, 0.29) is 35.4 Å². The van der Waals surface area contributed by atoms with Gasteiger partial charge in [0, 0.05) is 25.5 Å². The van der Waals surface area contributed by atoms with E-state index in [1.165, 1.54) is 12.1 Å². The van der Waals surface area contributed by atoms with Gasteiger partial charge >= 0.3 is 0 Å². The molecule has 0 saturated carbocycles. The summed E-state index contributed by atoms with van der Waals surface area (Å²) in [6.45, 7) is 3.56. The number of halogens is 1. The number of carbonyl (C=O) groups excluding carboxylic acids is 1. The lowest BCUT2D eigenvalue weighted by atomic mass is 10.00. The number of ether oxygens (including phenoxy) is 2. The van der Waals surface area contributed by atoms with Gasteiger partial charge in [0.2, 0.25) is 5.91 Å². The molecule has 1 aromatic carbocycles. The summed E-state index contributed by atoms with van der Waals surface area (Å²) in [6.07, 6.45) is 2.91. The van der Waals surface area contributed by atoms with Crippen molar-refractivity contribution in [3.63, 3.8) is 0 Å². The van der Waals surface area contributed by atoms with Crippen molar-refractivity contribution < 1.29 is 22.7 Å². The standard InChI is InChI=1S/C18H26N2O5S.ClH/c21-18(20-13-14-3-1-7-19-12-14)6-10-26(22,23)15-4-5-16-17(11-15)25-9-2-8-24-16;/h4-5,11,14,19H,1-3,6-10,12-13H2,(H,20,21);1H. The Bertz CT molecular complexity index is 735. The van der Waals surface area contributed by atoms with E-state index in [0.717, 1.165) is 32.4 Å². The first kappa shape index (κ1) is 21.8. The van der Waals surface area contributed by atoms with Crippen LogP contribution in [0.5, 0.6) is 11.5 Å². The Kier molecular flexibility index (Phi) is 8.19. The zero-order valence-electron chi connectivity index (χ0n) is 15.2. The number of carbonyl (C=O) groups is 1. The lowest BCUT2D eigenvalue weighted by Crippen LogP contribution is -2.38. The predicted molar refractivity (Wildman–Crippen MR) is 105 cm³/mol. The third kappa shape index (κ3) is 6.26. The maximum Gasteiger partial charge on any atom is 0.221 e. The molecule has 0 spiro atoms. The van der Waals surface area contributed by atoms with Crippen LogP contribution in [-0.4, -0.2) is 52.9 Å². The number of sulfone groups is 1. The van der Waals surface area contributed by atoms with Crippen molar-refractivity contribution in [2.45, 2.75) is 30.6 Å². The summed E-state index contributed by atoms with van der Waals surface area (Å²) in [5.74, 6) is 0.971. The Morgan fingerprint density at radius 3 is 2.70 bits per heavy atom. The Hall–Kier alpha value is -1.51. The molecule has 0 aliphatic carbocycles. The molecular weight excluding hydrogens is 392 g/mol. The van der Waals surface area contributed by atoms with Crippen molar-refractivity contribution >= 4 is 28.2 Å². The maximum absolute atomic E-state index is 12.5. The van der Waals surface area contributed by atoms with E-state index in [0.29, 0.717) is 37.2 Å². The van der Waals surface area contributed by atoms with E-state index in [1.54, 1.807) is 6.07 Å². The van der Waals surface area contributed by atoms with Gasteiger partial charge in [-0.15, -0.1) is 12.4 Å². The van der Waals surface area contributed by atoms with Crippen molar-refractivity contribution in [2.24, 2.45) is 5.92 Å². The topological polar surface area (TPSA) is 93.7 Å². The minimum absolute atomic E-state index is 0. The molecule has 9 heteroatoms. The average Bonchev–Trinajstić information content (AvgIpc) is 2.90. The Labute approximate surface area is 166 Å². The molecule has 27 heavy (non-hydrogen) atoms. The summed E-state index contributed by atoms with van der Waals surface area (Å²) < 4.78 is 36.1. The monoisotopic (exact) mass is 418 g/mol. The Balaban J connectivity index is 0.00000261. The third-order valence-electron chi connectivity index (χ3n) is 4.66. The molecule has 152 valence electrons. The quantitative estimate of drug-likeness (QED) is 0.728. The molecule has 2 aliphatic heterocycles. The van der Waals surface area contributed by atoms with E-state index in [1.807, 2.05) is 0 Å². The van der Waals surface area contributed by atoms with Gasteiger partial charge in [-0.1, -0.05) is 0 Å². The van der Waals surface area contributed by atoms with Crippen molar-refractivity contribution in [1.82, 2.24) is 10.6 Å². The van der Waals surface area contributed by atoms with Gasteiger partial charge in [-0.2, -0.15) is 0 Å². The molecule has 1 saturated heterocycles. The highest BCUT2D eigenvalue weighted by Crippen LogP contribution is 2.32. The Morgan fingerprint density at radius 2 is 1.96 bits per heavy atom. The van der Waals surface area contributed by atoms with Crippen molar-refractivity contribution in [2.75, 3.05) is 38.6 Å². The smallest absolute Gasteiger partial charge is 0.221 e. The van der Waals surface area contributed by atoms with Gasteiger partial charge < -0.3 is 20.1 Å². The van der Waals surface area contributed by atoms with Crippen molar-refractivity contribution in [3.05, 3.63) is 18.2 Å². The number of fused-ring (bicyclic) bond motifs is 1. The van der Waals surface area contributed by atoms with Crippen LogP contribution in [-0.2, 0) is 14.6 Å². The van der Waals surface area contributed by atoms with Crippen LogP contribution in [0.25, 0.3) is 0 Å². The third-order valence-corrected chi connectivity index (χ3v) is 6.38. The van der Waals surface area contributed by atoms with Gasteiger partial charge in [-0.25, -0.2) is 8.42 Å². The molecule has 2 N–H and O–H groups in total. The highest BCUT2D eigenvalue weighted by molar-refractivity contribution is 7.91. The summed E-state index contributed by atoms with van der Waals surface area (Å²) in [5.41, 5.74) is 0. The molecule has 1 fully saturated rings. The summed E-state index contributed by atoms with van der Waals surface area (Å²) >= 11 is 0. The molecule has 1 unspecified atom stereocenters. The summed E-state index contributed by atoms with van der Waals surface area (Å²) in [4.78, 5) is 12.2. The normalized spacial score (nSPS) is 19.5. The molecule has 3 rings (SSSR count). The average molecular weight is 419 g/mol. The van der Waals surface area contributed by atoms with Gasteiger partial charge in [0.15, 0.2) is 21.3 Å². The van der Waals surface area contributed by atoms with Crippen LogP contribution >= 0.6 is 12.4 Å². The van der Waals surface area contributed by atoms with Crippen LogP contribution in [0.15, 0.2) is 23.1 Å². The van der Waals surface area contributed by atoms with Crippen LogP contribution in [0.4, 0.5) is 0 Å². The first-order valence-corrected chi connectivity index (χ1v) is 10.8. The first-order chi connectivity index (χ1) is 12.5. The molecule has 1 aromatic rings. The molecule has 0 aromatic heterocycles. The van der Waals surface area contributed by atoms with E-state index >= 15 is 0 Å². The van der Waals surface area contributed by atoms with Gasteiger partial charge in [-0.05, 0) is 44.0 Å². The van der Waals surface area contributed by atoms with Crippen LogP contribution < -0.4 is 20.1 Å². The van der Waals surface area contributed by atoms with Crippen LogP contribution in [0.2, 0.25) is 0 Å². The number of amides is 1. The number of piperidine rings is 1. The molecule has 2 aliphatic rings. The van der Waals surface area contributed by atoms with Crippen molar-refractivity contribution in [1.29, 1.82) is 0 Å². The fourth-order valence-corrected chi connectivity index (χ4v) is 4.38. The molecule has 0 bridgehead atoms. The van der Waals surface area contributed by atoms with Gasteiger partial charge in [0.05, 0.1) is 23.9 Å². The maximum atomic E-state index is 12.5. The Morgan fingerprint density at radius 1 is 1.19 bits per heavy atom. The molecule has 2 heterocycles. The second kappa shape index (κ2) is 10.1. The van der Waals surface area contributed by atoms with Crippen LogP contribution in [0.1, 0.15) is 25.7 Å². The number of nitrogens with one attached hydrogen (secondary N) is 2. The highest BCUT2D eigenvalue weighted by atomic mass is 35.5. The number of rotatable bonds is 6. The van der Waals surface area contributed by atoms with Crippen LogP contribution in [0.3, 0.4) is 0 Å². The molecule has 7 nitrogen and oxygen atoms in total. The molecule has 1 amide bonds. The van der Waals surface area contributed by atoms with Crippen molar-refractivity contribution in [3.8, 4) is 11.5 Å². The zero-order chi connectivity index (χ0) is 18.4. The van der Waals surface area contributed by atoms with Crippen LogP contribution in [0, 0.1) is 5.92 Å². The van der Waals surface area contributed by atoms with E-state index in [9.17, 15) is 13.2 Å². The number of benzene rings is 1. The summed E-state index contributed by atoms with van der Waals surface area (Å²) in [7, 11) is -3.55. The fourth-order valence-electron chi connectivity index (χ4n) is 3.13. The predicted octanol–water partition coefficient (Wildman–Crippen LogP) is 1.55. The van der Waals surface area contributed by atoms with E-state index in [4.69, 9.17) is 9.47 Å². The largest absolute Gasteiger partial charge is 0.490 e. The first-order valence-electron chi connectivity index (χ1n) is 9.14. The number of hydrogen-bond acceptors (Lipinski definition) is 6. The summed E-state index contributed by atoms with van der Waals surface area (Å²) in [5, 5.41) is 6.14. The zero-order valence-corrected chi connectivity index (χ0v) is 16.9. The highest BCUT2D eigenvalue weighted by Gasteiger charge is 2.21. The van der Waals surface area contributed by atoms with E-state index < -0.39 is 9.84 Å². The van der Waals surface area contributed by atoms with Gasteiger partial charge in [-0.3, -0.25) is 4.79 Å². The van der Waals surface area contributed by atoms with E-state index in [2.05, 4.69) is 10.6 Å². The molecular formula is C18H27ClN2O5S. The van der Waals surface area contributed by atoms with Gasteiger partial charge in [0.25, 0.3) is 0 Å². The fraction of sp³-hybridized carbons (Fsp3) is 0.611. The minimum Gasteiger partial charge on any atom is -0.490 e.